The van der Waals surface area contributed by atoms with Crippen molar-refractivity contribution in [1.82, 2.24) is 9.38 Å². The average molecular weight is 234 g/mol. The van der Waals surface area contributed by atoms with E-state index in [9.17, 15) is 4.79 Å². The second kappa shape index (κ2) is 4.42. The number of nitrogens with two attached hydrogens (primary N) is 2. The quantitative estimate of drug-likeness (QED) is 0.714. The van der Waals surface area contributed by atoms with Gasteiger partial charge in [-0.25, -0.2) is 9.78 Å². The van der Waals surface area contributed by atoms with Crippen LogP contribution in [0.5, 0.6) is 0 Å². The molecule has 6 heteroatoms. The summed E-state index contributed by atoms with van der Waals surface area (Å²) >= 11 is 0. The number of carboxylic acids is 1. The van der Waals surface area contributed by atoms with Crippen molar-refractivity contribution in [3.05, 3.63) is 29.8 Å². The van der Waals surface area contributed by atoms with Crippen LogP contribution in [0.3, 0.4) is 0 Å². The zero-order valence-corrected chi connectivity index (χ0v) is 9.26. The van der Waals surface area contributed by atoms with Crippen LogP contribution in [0.15, 0.2) is 18.3 Å². The molecule has 2 rings (SSSR count). The average Bonchev–Trinajstić information content (AvgIpc) is 2.64. The second-order valence-electron chi connectivity index (χ2n) is 3.79. The van der Waals surface area contributed by atoms with Gasteiger partial charge in [-0.2, -0.15) is 0 Å². The molecule has 0 radical (unpaired) electrons. The molecule has 0 saturated carbocycles. The minimum Gasteiger partial charge on any atom is -0.476 e. The Bertz CT molecular complexity index is 562. The molecule has 0 aromatic carbocycles. The molecule has 0 saturated heterocycles. The molecular weight excluding hydrogens is 220 g/mol. The molecule has 0 atom stereocenters. The van der Waals surface area contributed by atoms with Crippen molar-refractivity contribution in [2.45, 2.75) is 12.8 Å². The first-order valence-electron chi connectivity index (χ1n) is 5.33. The molecule has 5 N–H and O–H groups in total. The normalized spacial score (nSPS) is 10.9. The third kappa shape index (κ3) is 2.07. The molecule has 0 spiro atoms. The molecule has 0 fully saturated rings. The van der Waals surface area contributed by atoms with E-state index in [1.54, 1.807) is 22.7 Å². The van der Waals surface area contributed by atoms with Crippen LogP contribution in [0.25, 0.3) is 5.52 Å². The van der Waals surface area contributed by atoms with Crippen molar-refractivity contribution in [3.8, 4) is 0 Å². The highest BCUT2D eigenvalue weighted by Gasteiger charge is 2.16. The molecular formula is C11H14N4O2. The van der Waals surface area contributed by atoms with E-state index in [2.05, 4.69) is 4.98 Å². The lowest BCUT2D eigenvalue weighted by atomic mass is 10.3. The Morgan fingerprint density at radius 2 is 2.29 bits per heavy atom. The van der Waals surface area contributed by atoms with Crippen molar-refractivity contribution < 1.29 is 9.90 Å². The third-order valence-corrected chi connectivity index (χ3v) is 2.55. The number of fused-ring (bicyclic) bond motifs is 1. The number of aromatic nitrogens is 2. The van der Waals surface area contributed by atoms with E-state index in [0.717, 1.165) is 6.42 Å². The van der Waals surface area contributed by atoms with Crippen molar-refractivity contribution in [1.29, 1.82) is 0 Å². The number of nitrogen functional groups attached to an aromatic ring is 1. The lowest BCUT2D eigenvalue weighted by Crippen LogP contribution is -2.03. The molecule has 90 valence electrons. The molecule has 0 amide bonds. The highest BCUT2D eigenvalue weighted by molar-refractivity contribution is 5.94. The lowest BCUT2D eigenvalue weighted by Gasteiger charge is -2.00. The van der Waals surface area contributed by atoms with Crippen LogP contribution in [0.4, 0.5) is 5.69 Å². The zero-order chi connectivity index (χ0) is 12.4. The molecule has 0 aliphatic rings. The number of anilines is 1. The molecule has 0 unspecified atom stereocenters. The van der Waals surface area contributed by atoms with Crippen LogP contribution in [0.1, 0.15) is 22.7 Å². The summed E-state index contributed by atoms with van der Waals surface area (Å²) in [4.78, 5) is 15.2. The Morgan fingerprint density at radius 1 is 1.53 bits per heavy atom. The van der Waals surface area contributed by atoms with Crippen LogP contribution >= 0.6 is 0 Å². The van der Waals surface area contributed by atoms with Crippen molar-refractivity contribution in [2.24, 2.45) is 5.73 Å². The molecule has 0 bridgehead atoms. The van der Waals surface area contributed by atoms with E-state index in [-0.39, 0.29) is 5.69 Å². The largest absolute Gasteiger partial charge is 0.476 e. The molecule has 6 nitrogen and oxygen atoms in total. The monoisotopic (exact) mass is 234 g/mol. The summed E-state index contributed by atoms with van der Waals surface area (Å²) in [5.74, 6) is -0.352. The van der Waals surface area contributed by atoms with Crippen molar-refractivity contribution >= 4 is 17.2 Å². The van der Waals surface area contributed by atoms with Gasteiger partial charge >= 0.3 is 5.97 Å². The van der Waals surface area contributed by atoms with Crippen molar-refractivity contribution in [2.75, 3.05) is 12.3 Å². The highest BCUT2D eigenvalue weighted by Crippen LogP contribution is 2.17. The van der Waals surface area contributed by atoms with Gasteiger partial charge in [-0.15, -0.1) is 0 Å². The smallest absolute Gasteiger partial charge is 0.356 e. The van der Waals surface area contributed by atoms with Gasteiger partial charge in [-0.3, -0.25) is 0 Å². The van der Waals surface area contributed by atoms with E-state index < -0.39 is 5.97 Å². The Kier molecular flexibility index (Phi) is 2.97. The number of carbonyl (C=O) groups is 1. The summed E-state index contributed by atoms with van der Waals surface area (Å²) in [6, 6.07) is 3.33. The molecule has 2 heterocycles. The van der Waals surface area contributed by atoms with Gasteiger partial charge in [0.2, 0.25) is 0 Å². The maximum Gasteiger partial charge on any atom is 0.356 e. The van der Waals surface area contributed by atoms with Crippen LogP contribution in [-0.4, -0.2) is 27.0 Å². The molecule has 2 aromatic heterocycles. The summed E-state index contributed by atoms with van der Waals surface area (Å²) in [6.07, 6.45) is 3.15. The predicted octanol–water partition coefficient (Wildman–Crippen LogP) is 0.506. The number of carboxylic acid groups (broad SMARTS) is 1. The van der Waals surface area contributed by atoms with Crippen LogP contribution in [-0.2, 0) is 6.42 Å². The number of aromatic carboxylic acids is 1. The molecule has 2 aromatic rings. The number of imidazole rings is 1. The van der Waals surface area contributed by atoms with E-state index in [0.29, 0.717) is 30.0 Å². The first-order valence-corrected chi connectivity index (χ1v) is 5.33. The number of aryl methyl sites for hydroxylation is 1. The molecule has 17 heavy (non-hydrogen) atoms. The van der Waals surface area contributed by atoms with Gasteiger partial charge in [0.25, 0.3) is 0 Å². The lowest BCUT2D eigenvalue weighted by molar-refractivity contribution is 0.0693. The summed E-state index contributed by atoms with van der Waals surface area (Å²) in [5, 5.41) is 9.07. The Morgan fingerprint density at radius 3 is 2.94 bits per heavy atom. The number of nitrogens with zero attached hydrogens (tertiary/aromatic N) is 2. The first kappa shape index (κ1) is 11.4. The number of rotatable bonds is 4. The number of pyridine rings is 1. The fourth-order valence-electron chi connectivity index (χ4n) is 1.76. The van der Waals surface area contributed by atoms with Gasteiger partial charge in [-0.05, 0) is 25.1 Å². The Labute approximate surface area is 97.9 Å². The van der Waals surface area contributed by atoms with E-state index in [4.69, 9.17) is 16.6 Å². The second-order valence-corrected chi connectivity index (χ2v) is 3.79. The van der Waals surface area contributed by atoms with E-state index in [1.807, 2.05) is 0 Å². The van der Waals surface area contributed by atoms with E-state index >= 15 is 0 Å². The van der Waals surface area contributed by atoms with Crippen molar-refractivity contribution in [3.63, 3.8) is 0 Å². The minimum atomic E-state index is -1.05. The van der Waals surface area contributed by atoms with Gasteiger partial charge in [0.05, 0.1) is 5.52 Å². The highest BCUT2D eigenvalue weighted by atomic mass is 16.4. The maximum absolute atomic E-state index is 11.1. The standard InChI is InChI=1S/C11H14N4O2/c12-4-1-2-9-14-10(11(16)17)8-6-7(13)3-5-15(8)9/h3,5-6H,1-2,4,12-13H2,(H,16,17). The third-order valence-electron chi connectivity index (χ3n) is 2.55. The Hall–Kier alpha value is -2.08. The maximum atomic E-state index is 11.1. The summed E-state index contributed by atoms with van der Waals surface area (Å²) in [6.45, 7) is 0.548. The van der Waals surface area contributed by atoms with Gasteiger partial charge in [-0.1, -0.05) is 0 Å². The molecule has 0 aliphatic carbocycles. The summed E-state index contributed by atoms with van der Waals surface area (Å²) in [7, 11) is 0. The fraction of sp³-hybridized carbons (Fsp3) is 0.273. The SMILES string of the molecule is NCCCc1nc(C(=O)O)c2cc(N)ccn12. The topological polar surface area (TPSA) is 107 Å². The molecule has 0 aliphatic heterocycles. The predicted molar refractivity (Wildman–Crippen MR) is 63.9 cm³/mol. The van der Waals surface area contributed by atoms with Gasteiger partial charge < -0.3 is 21.0 Å². The summed E-state index contributed by atoms with van der Waals surface area (Å²) in [5.41, 5.74) is 12.2. The van der Waals surface area contributed by atoms with Crippen LogP contribution in [0.2, 0.25) is 0 Å². The van der Waals surface area contributed by atoms with E-state index in [1.165, 1.54) is 0 Å². The Balaban J connectivity index is 2.58. The number of hydrogen-bond acceptors (Lipinski definition) is 4. The van der Waals surface area contributed by atoms with Crippen LogP contribution in [0, 0.1) is 0 Å². The minimum absolute atomic E-state index is 0.0318. The van der Waals surface area contributed by atoms with Gasteiger partial charge in [0.15, 0.2) is 5.69 Å². The van der Waals surface area contributed by atoms with Gasteiger partial charge in [0, 0.05) is 18.3 Å². The fourth-order valence-corrected chi connectivity index (χ4v) is 1.76. The van der Waals surface area contributed by atoms with Crippen LogP contribution < -0.4 is 11.5 Å². The van der Waals surface area contributed by atoms with Gasteiger partial charge in [0.1, 0.15) is 5.82 Å². The summed E-state index contributed by atoms with van der Waals surface area (Å²) < 4.78 is 1.75. The number of hydrogen-bond donors (Lipinski definition) is 3. The zero-order valence-electron chi connectivity index (χ0n) is 9.26. The first-order chi connectivity index (χ1) is 8.13.